The molecule has 0 aliphatic rings. The molecule has 27 heavy (non-hydrogen) atoms. The van der Waals surface area contributed by atoms with Crippen molar-refractivity contribution in [1.29, 1.82) is 0 Å². The first-order valence-electron chi connectivity index (χ1n) is 8.30. The maximum Gasteiger partial charge on any atom is 0.320 e. The van der Waals surface area contributed by atoms with Crippen LogP contribution in [0.15, 0.2) is 42.7 Å². The molecule has 0 spiro atoms. The maximum absolute atomic E-state index is 12.8. The van der Waals surface area contributed by atoms with Crippen molar-refractivity contribution in [2.24, 2.45) is 7.05 Å². The summed E-state index contributed by atoms with van der Waals surface area (Å²) in [6.45, 7) is 0.478. The minimum atomic E-state index is -0.0892. The van der Waals surface area contributed by atoms with Gasteiger partial charge in [0, 0.05) is 49.6 Å². The molecule has 0 bridgehead atoms. The van der Waals surface area contributed by atoms with E-state index in [0.29, 0.717) is 23.7 Å². The molecular formula is C19H21N5O3. The predicted octanol–water partition coefficient (Wildman–Crippen LogP) is 2.17. The van der Waals surface area contributed by atoms with Crippen LogP contribution < -0.4 is 9.47 Å². The molecule has 0 radical (unpaired) electrons. The molecule has 8 heteroatoms. The average Bonchev–Trinajstić information content (AvgIpc) is 3.11. The molecule has 0 unspecified atom stereocenters. The van der Waals surface area contributed by atoms with Gasteiger partial charge in [0.1, 0.15) is 0 Å². The SMILES string of the molecule is COc1cc(-c2cccc(C(=O)N(C)Cc3cnn(C)c3)c2)nc(OC)n1. The van der Waals surface area contributed by atoms with E-state index in [0.717, 1.165) is 11.1 Å². The van der Waals surface area contributed by atoms with Gasteiger partial charge < -0.3 is 14.4 Å². The highest BCUT2D eigenvalue weighted by molar-refractivity contribution is 5.95. The zero-order valence-electron chi connectivity index (χ0n) is 15.7. The van der Waals surface area contributed by atoms with Gasteiger partial charge in [-0.1, -0.05) is 12.1 Å². The van der Waals surface area contributed by atoms with Crippen LogP contribution in [0.3, 0.4) is 0 Å². The van der Waals surface area contributed by atoms with Gasteiger partial charge in [-0.3, -0.25) is 9.48 Å². The summed E-state index contributed by atoms with van der Waals surface area (Å²) in [7, 11) is 6.63. The fourth-order valence-corrected chi connectivity index (χ4v) is 2.68. The Kier molecular flexibility index (Phi) is 5.35. The quantitative estimate of drug-likeness (QED) is 0.664. The van der Waals surface area contributed by atoms with Crippen molar-refractivity contribution >= 4 is 5.91 Å². The van der Waals surface area contributed by atoms with E-state index in [4.69, 9.17) is 9.47 Å². The largest absolute Gasteiger partial charge is 0.481 e. The van der Waals surface area contributed by atoms with Crippen molar-refractivity contribution in [1.82, 2.24) is 24.6 Å². The van der Waals surface area contributed by atoms with E-state index in [-0.39, 0.29) is 11.9 Å². The lowest BCUT2D eigenvalue weighted by Crippen LogP contribution is -2.26. The number of carbonyl (C=O) groups is 1. The molecule has 140 valence electrons. The Bertz CT molecular complexity index is 932. The molecule has 8 nitrogen and oxygen atoms in total. The summed E-state index contributed by atoms with van der Waals surface area (Å²) in [5, 5.41) is 4.13. The predicted molar refractivity (Wildman–Crippen MR) is 99.6 cm³/mol. The van der Waals surface area contributed by atoms with Crippen LogP contribution in [-0.2, 0) is 13.6 Å². The van der Waals surface area contributed by atoms with Gasteiger partial charge in [0.25, 0.3) is 5.91 Å². The van der Waals surface area contributed by atoms with Gasteiger partial charge in [-0.25, -0.2) is 0 Å². The van der Waals surface area contributed by atoms with Crippen molar-refractivity contribution < 1.29 is 14.3 Å². The summed E-state index contributed by atoms with van der Waals surface area (Å²) < 4.78 is 12.0. The minimum absolute atomic E-state index is 0.0892. The summed E-state index contributed by atoms with van der Waals surface area (Å²) in [6, 6.07) is 9.17. The van der Waals surface area contributed by atoms with E-state index >= 15 is 0 Å². The number of aryl methyl sites for hydroxylation is 1. The van der Waals surface area contributed by atoms with Gasteiger partial charge in [-0.15, -0.1) is 0 Å². The fourth-order valence-electron chi connectivity index (χ4n) is 2.68. The van der Waals surface area contributed by atoms with E-state index in [1.165, 1.54) is 14.2 Å². The second-order valence-electron chi connectivity index (χ2n) is 6.05. The lowest BCUT2D eigenvalue weighted by Gasteiger charge is -2.16. The van der Waals surface area contributed by atoms with E-state index in [2.05, 4.69) is 15.1 Å². The summed E-state index contributed by atoms with van der Waals surface area (Å²) in [5.41, 5.74) is 2.92. The molecule has 0 aliphatic carbocycles. The molecule has 0 fully saturated rings. The Balaban J connectivity index is 1.85. The van der Waals surface area contributed by atoms with E-state index in [1.807, 2.05) is 25.4 Å². The van der Waals surface area contributed by atoms with Crippen molar-refractivity contribution in [2.45, 2.75) is 6.54 Å². The number of hydrogen-bond donors (Lipinski definition) is 0. The lowest BCUT2D eigenvalue weighted by molar-refractivity contribution is 0.0785. The van der Waals surface area contributed by atoms with E-state index < -0.39 is 0 Å². The third kappa shape index (κ3) is 4.22. The summed E-state index contributed by atoms with van der Waals surface area (Å²) in [5.74, 6) is 0.302. The molecule has 0 atom stereocenters. The van der Waals surface area contributed by atoms with E-state index in [1.54, 1.807) is 41.0 Å². The molecule has 1 amide bonds. The van der Waals surface area contributed by atoms with Crippen LogP contribution in [0.1, 0.15) is 15.9 Å². The lowest BCUT2D eigenvalue weighted by atomic mass is 10.1. The Morgan fingerprint density at radius 3 is 2.67 bits per heavy atom. The van der Waals surface area contributed by atoms with Crippen molar-refractivity contribution in [3.8, 4) is 23.1 Å². The second-order valence-corrected chi connectivity index (χ2v) is 6.05. The Labute approximate surface area is 157 Å². The Hall–Kier alpha value is -3.42. The van der Waals surface area contributed by atoms with Gasteiger partial charge in [-0.2, -0.15) is 15.1 Å². The smallest absolute Gasteiger partial charge is 0.320 e. The highest BCUT2D eigenvalue weighted by Gasteiger charge is 2.15. The number of carbonyl (C=O) groups excluding carboxylic acids is 1. The molecule has 0 N–H and O–H groups in total. The first-order valence-corrected chi connectivity index (χ1v) is 8.30. The van der Waals surface area contributed by atoms with Crippen LogP contribution in [0, 0.1) is 0 Å². The monoisotopic (exact) mass is 367 g/mol. The van der Waals surface area contributed by atoms with Crippen LogP contribution in [0.5, 0.6) is 11.9 Å². The number of rotatable bonds is 6. The Morgan fingerprint density at radius 2 is 2.00 bits per heavy atom. The second kappa shape index (κ2) is 7.86. The zero-order chi connectivity index (χ0) is 19.4. The van der Waals surface area contributed by atoms with Crippen LogP contribution in [0.25, 0.3) is 11.3 Å². The van der Waals surface area contributed by atoms with Gasteiger partial charge in [0.15, 0.2) is 0 Å². The summed E-state index contributed by atoms with van der Waals surface area (Å²) in [4.78, 5) is 22.9. The van der Waals surface area contributed by atoms with Gasteiger partial charge in [0.2, 0.25) is 5.88 Å². The Morgan fingerprint density at radius 1 is 1.19 bits per heavy atom. The van der Waals surface area contributed by atoms with Crippen LogP contribution in [0.4, 0.5) is 0 Å². The number of nitrogens with zero attached hydrogens (tertiary/aromatic N) is 5. The normalized spacial score (nSPS) is 10.5. The fraction of sp³-hybridized carbons (Fsp3) is 0.263. The number of aromatic nitrogens is 4. The van der Waals surface area contributed by atoms with Crippen LogP contribution in [0.2, 0.25) is 0 Å². The van der Waals surface area contributed by atoms with Crippen LogP contribution in [-0.4, -0.2) is 51.8 Å². The van der Waals surface area contributed by atoms with Gasteiger partial charge >= 0.3 is 6.01 Å². The van der Waals surface area contributed by atoms with Crippen molar-refractivity contribution in [3.63, 3.8) is 0 Å². The van der Waals surface area contributed by atoms with Crippen molar-refractivity contribution in [2.75, 3.05) is 21.3 Å². The first kappa shape index (κ1) is 18.4. The molecule has 0 saturated heterocycles. The zero-order valence-corrected chi connectivity index (χ0v) is 15.7. The van der Waals surface area contributed by atoms with Crippen LogP contribution >= 0.6 is 0 Å². The highest BCUT2D eigenvalue weighted by atomic mass is 16.5. The number of hydrogen-bond acceptors (Lipinski definition) is 6. The molecule has 2 heterocycles. The molecule has 0 saturated carbocycles. The standard InChI is InChI=1S/C19H21N5O3/c1-23(11-13-10-20-24(2)12-13)18(25)15-7-5-6-14(8-15)16-9-17(26-3)22-19(21-16)27-4/h5-10,12H,11H2,1-4H3. The molecule has 1 aromatic carbocycles. The topological polar surface area (TPSA) is 82.4 Å². The molecule has 2 aromatic heterocycles. The first-order chi connectivity index (χ1) is 13.0. The third-order valence-corrected chi connectivity index (χ3v) is 4.00. The summed E-state index contributed by atoms with van der Waals surface area (Å²) >= 11 is 0. The number of amides is 1. The van der Waals surface area contributed by atoms with Crippen molar-refractivity contribution in [3.05, 3.63) is 53.9 Å². The number of benzene rings is 1. The highest BCUT2D eigenvalue weighted by Crippen LogP contribution is 2.24. The third-order valence-electron chi connectivity index (χ3n) is 4.00. The summed E-state index contributed by atoms with van der Waals surface area (Å²) in [6.07, 6.45) is 3.64. The molecule has 0 aliphatic heterocycles. The molecule has 3 rings (SSSR count). The number of methoxy groups -OCH3 is 2. The average molecular weight is 367 g/mol. The number of ether oxygens (including phenoxy) is 2. The van der Waals surface area contributed by atoms with Gasteiger partial charge in [0.05, 0.1) is 26.1 Å². The van der Waals surface area contributed by atoms with Gasteiger partial charge in [-0.05, 0) is 12.1 Å². The maximum atomic E-state index is 12.8. The molecular weight excluding hydrogens is 346 g/mol. The molecule has 3 aromatic rings. The minimum Gasteiger partial charge on any atom is -0.481 e. The van der Waals surface area contributed by atoms with E-state index in [9.17, 15) is 4.79 Å².